The van der Waals surface area contributed by atoms with E-state index in [1.54, 1.807) is 0 Å². The normalized spacial score (nSPS) is 19.7. The van der Waals surface area contributed by atoms with E-state index in [1.165, 1.54) is 0 Å². The molecule has 27 heavy (non-hydrogen) atoms. The molecule has 1 atom stereocenters. The maximum atomic E-state index is 11.3. The molecule has 0 radical (unpaired) electrons. The molecular formula is C20H31BO6. The average molecular weight is 378 g/mol. The Morgan fingerprint density at radius 2 is 1.59 bits per heavy atom. The van der Waals surface area contributed by atoms with Crippen molar-refractivity contribution in [1.29, 1.82) is 0 Å². The van der Waals surface area contributed by atoms with E-state index < -0.39 is 24.6 Å². The first-order valence-corrected chi connectivity index (χ1v) is 9.26. The van der Waals surface area contributed by atoms with Crippen LogP contribution in [0.5, 0.6) is 5.75 Å². The van der Waals surface area contributed by atoms with Gasteiger partial charge >= 0.3 is 13.1 Å². The smallest absolute Gasteiger partial charge is 0.491 e. The summed E-state index contributed by atoms with van der Waals surface area (Å²) in [5.41, 5.74) is -0.303. The number of hydrogen-bond acceptors (Lipinski definition) is 5. The Bertz CT molecular complexity index is 631. The molecule has 1 heterocycles. The zero-order valence-electron chi connectivity index (χ0n) is 17.4. The third kappa shape index (κ3) is 5.24. The first-order valence-electron chi connectivity index (χ1n) is 9.26. The molecular weight excluding hydrogens is 347 g/mol. The van der Waals surface area contributed by atoms with Crippen LogP contribution in [0.1, 0.15) is 48.5 Å². The maximum Gasteiger partial charge on any atom is 0.494 e. The van der Waals surface area contributed by atoms with Crippen LogP contribution in [0.2, 0.25) is 0 Å². The molecule has 0 aromatic heterocycles. The van der Waals surface area contributed by atoms with Crippen LogP contribution in [0.4, 0.5) is 0 Å². The zero-order chi connectivity index (χ0) is 20.5. The fraction of sp³-hybridized carbons (Fsp3) is 0.650. The third-order valence-electron chi connectivity index (χ3n) is 5.05. The second-order valence-electron chi connectivity index (χ2n) is 8.96. The van der Waals surface area contributed by atoms with E-state index in [9.17, 15) is 9.90 Å². The number of aliphatic carboxylic acids is 1. The fourth-order valence-electron chi connectivity index (χ4n) is 2.72. The molecule has 1 aliphatic heterocycles. The Morgan fingerprint density at radius 1 is 1.07 bits per heavy atom. The zero-order valence-corrected chi connectivity index (χ0v) is 17.4. The number of carbonyl (C=O) groups is 1. The minimum Gasteiger partial charge on any atom is -0.491 e. The number of carboxylic acid groups (broad SMARTS) is 1. The monoisotopic (exact) mass is 378 g/mol. The van der Waals surface area contributed by atoms with E-state index >= 15 is 0 Å². The van der Waals surface area contributed by atoms with Gasteiger partial charge in [-0.1, -0.05) is 32.9 Å². The minimum atomic E-state index is -0.964. The highest BCUT2D eigenvalue weighted by atomic mass is 16.7. The van der Waals surface area contributed by atoms with Crippen molar-refractivity contribution < 1.29 is 28.7 Å². The van der Waals surface area contributed by atoms with E-state index in [0.717, 1.165) is 5.46 Å². The van der Waals surface area contributed by atoms with Gasteiger partial charge in [-0.05, 0) is 50.7 Å². The highest BCUT2D eigenvalue weighted by Crippen LogP contribution is 2.36. The second kappa shape index (κ2) is 7.82. The van der Waals surface area contributed by atoms with Crippen molar-refractivity contribution in [3.63, 3.8) is 0 Å². The number of benzene rings is 1. The van der Waals surface area contributed by atoms with Gasteiger partial charge in [0.05, 0.1) is 17.8 Å². The second-order valence-corrected chi connectivity index (χ2v) is 8.96. The molecule has 1 unspecified atom stereocenters. The molecule has 150 valence electrons. The van der Waals surface area contributed by atoms with Gasteiger partial charge in [0.25, 0.3) is 0 Å². The molecule has 1 fully saturated rings. The van der Waals surface area contributed by atoms with Crippen LogP contribution < -0.4 is 10.2 Å². The average Bonchev–Trinajstić information content (AvgIpc) is 2.74. The lowest BCUT2D eigenvalue weighted by Crippen LogP contribution is -2.41. The SMILES string of the molecule is CC(C)(C)C(OCCOc1ccc(B2OC(C)(C)C(C)(C)O2)cc1)C(=O)O. The molecule has 1 aromatic rings. The molecule has 0 amide bonds. The minimum absolute atomic E-state index is 0.202. The fourth-order valence-corrected chi connectivity index (χ4v) is 2.72. The third-order valence-corrected chi connectivity index (χ3v) is 5.05. The molecule has 0 saturated carbocycles. The summed E-state index contributed by atoms with van der Waals surface area (Å²) < 4.78 is 23.2. The van der Waals surface area contributed by atoms with Crippen molar-refractivity contribution in [2.24, 2.45) is 5.41 Å². The van der Waals surface area contributed by atoms with Gasteiger partial charge in [-0.15, -0.1) is 0 Å². The van der Waals surface area contributed by atoms with Gasteiger partial charge in [0.1, 0.15) is 12.4 Å². The Morgan fingerprint density at radius 3 is 2.04 bits per heavy atom. The van der Waals surface area contributed by atoms with E-state index in [4.69, 9.17) is 18.8 Å². The maximum absolute atomic E-state index is 11.3. The molecule has 6 nitrogen and oxygen atoms in total. The van der Waals surface area contributed by atoms with E-state index in [0.29, 0.717) is 5.75 Å². The Labute approximate surface area is 162 Å². The number of carboxylic acids is 1. The molecule has 1 N–H and O–H groups in total. The predicted molar refractivity (Wildman–Crippen MR) is 104 cm³/mol. The summed E-state index contributed by atoms with van der Waals surface area (Å²) >= 11 is 0. The van der Waals surface area contributed by atoms with Crippen LogP contribution in [0.3, 0.4) is 0 Å². The van der Waals surface area contributed by atoms with Crippen LogP contribution in [-0.4, -0.2) is 48.7 Å². The van der Waals surface area contributed by atoms with Crippen molar-refractivity contribution in [1.82, 2.24) is 0 Å². The van der Waals surface area contributed by atoms with E-state index in [1.807, 2.05) is 72.7 Å². The van der Waals surface area contributed by atoms with Gasteiger partial charge in [-0.25, -0.2) is 4.79 Å². The highest BCUT2D eigenvalue weighted by Gasteiger charge is 2.51. The molecule has 7 heteroatoms. The van der Waals surface area contributed by atoms with Crippen LogP contribution >= 0.6 is 0 Å². The standard InChI is InChI=1S/C20H31BO6/c1-18(2,3)16(17(22)23)25-13-12-24-15-10-8-14(9-11-15)21-26-19(4,5)20(6,7)27-21/h8-11,16H,12-13H2,1-7H3,(H,22,23). The van der Waals surface area contributed by atoms with Crippen molar-refractivity contribution in [2.75, 3.05) is 13.2 Å². The molecule has 2 rings (SSSR count). The van der Waals surface area contributed by atoms with Crippen LogP contribution in [0, 0.1) is 5.41 Å². The van der Waals surface area contributed by atoms with Crippen molar-refractivity contribution in [3.8, 4) is 5.75 Å². The van der Waals surface area contributed by atoms with Crippen molar-refractivity contribution in [3.05, 3.63) is 24.3 Å². The molecule has 1 saturated heterocycles. The number of hydrogen-bond donors (Lipinski definition) is 1. The van der Waals surface area contributed by atoms with Crippen LogP contribution in [0.15, 0.2) is 24.3 Å². The Kier molecular flexibility index (Phi) is 6.29. The van der Waals surface area contributed by atoms with Crippen LogP contribution in [0.25, 0.3) is 0 Å². The summed E-state index contributed by atoms with van der Waals surface area (Å²) in [6.07, 6.45) is -0.869. The lowest BCUT2D eigenvalue weighted by atomic mass is 9.79. The quantitative estimate of drug-likeness (QED) is 0.581. The van der Waals surface area contributed by atoms with Gasteiger partial charge < -0.3 is 23.9 Å². The van der Waals surface area contributed by atoms with Gasteiger partial charge in [0, 0.05) is 0 Å². The first kappa shape index (κ1) is 21.7. The Hall–Kier alpha value is -1.57. The topological polar surface area (TPSA) is 74.2 Å². The molecule has 0 aliphatic carbocycles. The van der Waals surface area contributed by atoms with Gasteiger partial charge in [0.15, 0.2) is 6.10 Å². The highest BCUT2D eigenvalue weighted by molar-refractivity contribution is 6.62. The summed E-state index contributed by atoms with van der Waals surface area (Å²) in [4.78, 5) is 11.3. The van der Waals surface area contributed by atoms with E-state index in [2.05, 4.69) is 0 Å². The van der Waals surface area contributed by atoms with Gasteiger partial charge in [0.2, 0.25) is 0 Å². The first-order chi connectivity index (χ1) is 12.3. The van der Waals surface area contributed by atoms with Gasteiger partial charge in [-0.3, -0.25) is 0 Å². The number of rotatable bonds is 7. The summed E-state index contributed by atoms with van der Waals surface area (Å²) in [7, 11) is -0.407. The molecule has 0 bridgehead atoms. The van der Waals surface area contributed by atoms with E-state index in [-0.39, 0.29) is 24.4 Å². The molecule has 1 aliphatic rings. The summed E-state index contributed by atoms with van der Waals surface area (Å²) in [5.74, 6) is -0.282. The van der Waals surface area contributed by atoms with Crippen molar-refractivity contribution >= 4 is 18.6 Å². The van der Waals surface area contributed by atoms with Crippen LogP contribution in [-0.2, 0) is 18.8 Å². The summed E-state index contributed by atoms with van der Waals surface area (Å²) in [5, 5.41) is 9.24. The Balaban J connectivity index is 1.86. The summed E-state index contributed by atoms with van der Waals surface area (Å²) in [6, 6.07) is 7.51. The lowest BCUT2D eigenvalue weighted by Gasteiger charge is -2.32. The molecule has 0 spiro atoms. The van der Waals surface area contributed by atoms with Crippen molar-refractivity contribution in [2.45, 2.75) is 65.8 Å². The van der Waals surface area contributed by atoms with Gasteiger partial charge in [-0.2, -0.15) is 0 Å². The molecule has 1 aromatic carbocycles. The number of ether oxygens (including phenoxy) is 2. The lowest BCUT2D eigenvalue weighted by molar-refractivity contribution is -0.158. The predicted octanol–water partition coefficient (Wildman–Crippen LogP) is 2.88. The largest absolute Gasteiger partial charge is 0.494 e. The summed E-state index contributed by atoms with van der Waals surface area (Å²) in [6.45, 7) is 14.1.